The van der Waals surface area contributed by atoms with Crippen LogP contribution in [0.15, 0.2) is 24.4 Å². The minimum Gasteiger partial charge on any atom is -0.336 e. The first-order valence-corrected chi connectivity index (χ1v) is 7.90. The Kier molecular flexibility index (Phi) is 4.09. The Labute approximate surface area is 140 Å². The molecule has 126 valence electrons. The van der Waals surface area contributed by atoms with E-state index in [9.17, 15) is 14.9 Å². The summed E-state index contributed by atoms with van der Waals surface area (Å²) in [5.41, 5.74) is 3.44. The molecular weight excluding hydrogens is 308 g/mol. The first-order valence-electron chi connectivity index (χ1n) is 7.90. The fourth-order valence-electron chi connectivity index (χ4n) is 3.42. The van der Waals surface area contributed by atoms with Crippen LogP contribution in [0.1, 0.15) is 39.5 Å². The van der Waals surface area contributed by atoms with E-state index >= 15 is 0 Å². The minimum atomic E-state index is -0.558. The summed E-state index contributed by atoms with van der Waals surface area (Å²) >= 11 is 0. The highest BCUT2D eigenvalue weighted by atomic mass is 16.6. The molecule has 7 heteroatoms. The van der Waals surface area contributed by atoms with Gasteiger partial charge in [0.05, 0.1) is 4.92 Å². The third kappa shape index (κ3) is 2.89. The highest BCUT2D eigenvalue weighted by Crippen LogP contribution is 2.30. The summed E-state index contributed by atoms with van der Waals surface area (Å²) in [6.07, 6.45) is 1.99. The zero-order chi connectivity index (χ0) is 17.4. The Balaban J connectivity index is 1.82. The van der Waals surface area contributed by atoms with Crippen LogP contribution in [0, 0.1) is 24.0 Å². The SMILES string of the molecule is Cc1cc(C)cc([C@@H]2CCN(C(=O)c3c([N+](=O)[O-])cnn3C)C2)c1. The molecule has 1 saturated heterocycles. The van der Waals surface area contributed by atoms with E-state index in [2.05, 4.69) is 37.1 Å². The molecule has 0 unspecified atom stereocenters. The van der Waals surface area contributed by atoms with Gasteiger partial charge < -0.3 is 4.90 Å². The first kappa shape index (κ1) is 16.2. The van der Waals surface area contributed by atoms with Crippen LogP contribution in [-0.2, 0) is 7.05 Å². The van der Waals surface area contributed by atoms with Gasteiger partial charge in [-0.05, 0) is 25.8 Å². The molecule has 1 fully saturated rings. The zero-order valence-electron chi connectivity index (χ0n) is 14.0. The Morgan fingerprint density at radius 2 is 1.96 bits per heavy atom. The molecule has 0 N–H and O–H groups in total. The molecular formula is C17H20N4O3. The molecule has 2 heterocycles. The van der Waals surface area contributed by atoms with Crippen LogP contribution >= 0.6 is 0 Å². The van der Waals surface area contributed by atoms with Gasteiger partial charge in [0.25, 0.3) is 5.91 Å². The molecule has 0 bridgehead atoms. The van der Waals surface area contributed by atoms with Crippen molar-refractivity contribution in [1.29, 1.82) is 0 Å². The number of likely N-dealkylation sites (tertiary alicyclic amines) is 1. The van der Waals surface area contributed by atoms with Crippen molar-refractivity contribution in [3.8, 4) is 0 Å². The van der Waals surface area contributed by atoms with Gasteiger partial charge in [-0.25, -0.2) is 0 Å². The maximum atomic E-state index is 12.7. The summed E-state index contributed by atoms with van der Waals surface area (Å²) in [4.78, 5) is 25.0. The molecule has 24 heavy (non-hydrogen) atoms. The quantitative estimate of drug-likeness (QED) is 0.640. The average molecular weight is 328 g/mol. The van der Waals surface area contributed by atoms with Crippen LogP contribution in [0.2, 0.25) is 0 Å². The number of hydrogen-bond donors (Lipinski definition) is 0. The smallest absolute Gasteiger partial charge is 0.320 e. The molecule has 7 nitrogen and oxygen atoms in total. The van der Waals surface area contributed by atoms with Crippen molar-refractivity contribution in [3.63, 3.8) is 0 Å². The van der Waals surface area contributed by atoms with Gasteiger partial charge in [-0.2, -0.15) is 5.10 Å². The van der Waals surface area contributed by atoms with Gasteiger partial charge in [0.15, 0.2) is 0 Å². The summed E-state index contributed by atoms with van der Waals surface area (Å²) in [6.45, 7) is 5.30. The molecule has 3 rings (SSSR count). The fraction of sp³-hybridized carbons (Fsp3) is 0.412. The number of aryl methyl sites for hydroxylation is 3. The summed E-state index contributed by atoms with van der Waals surface area (Å²) < 4.78 is 1.28. The lowest BCUT2D eigenvalue weighted by molar-refractivity contribution is -0.385. The number of benzene rings is 1. The molecule has 1 aromatic heterocycles. The number of aromatic nitrogens is 2. The van der Waals surface area contributed by atoms with Gasteiger partial charge in [0.1, 0.15) is 6.20 Å². The topological polar surface area (TPSA) is 81.3 Å². The van der Waals surface area contributed by atoms with Crippen molar-refractivity contribution >= 4 is 11.6 Å². The van der Waals surface area contributed by atoms with Crippen LogP contribution in [-0.4, -0.2) is 38.6 Å². The average Bonchev–Trinajstić information content (AvgIpc) is 3.12. The Hall–Kier alpha value is -2.70. The van der Waals surface area contributed by atoms with Gasteiger partial charge >= 0.3 is 5.69 Å². The standard InChI is InChI=1S/C17H20N4O3/c1-11-6-12(2)8-14(7-11)13-4-5-20(10-13)17(22)16-15(21(23)24)9-18-19(16)3/h6-9,13H,4-5,10H2,1-3H3/t13-/m1/s1. The van der Waals surface area contributed by atoms with Crippen LogP contribution in [0.25, 0.3) is 0 Å². The zero-order valence-corrected chi connectivity index (χ0v) is 14.0. The molecule has 1 aromatic carbocycles. The van der Waals surface area contributed by atoms with E-state index in [-0.39, 0.29) is 23.2 Å². The van der Waals surface area contributed by atoms with Gasteiger partial charge in [-0.15, -0.1) is 0 Å². The predicted molar refractivity (Wildman–Crippen MR) is 89.0 cm³/mol. The summed E-state index contributed by atoms with van der Waals surface area (Å²) in [5, 5.41) is 15.0. The second kappa shape index (κ2) is 6.07. The lowest BCUT2D eigenvalue weighted by Crippen LogP contribution is -2.30. The Bertz CT molecular complexity index is 792. The third-order valence-electron chi connectivity index (χ3n) is 4.51. The highest BCUT2D eigenvalue weighted by molar-refractivity contribution is 5.96. The van der Waals surface area contributed by atoms with Gasteiger partial charge in [0, 0.05) is 26.1 Å². The molecule has 1 aliphatic rings. The maximum absolute atomic E-state index is 12.7. The second-order valence-corrected chi connectivity index (χ2v) is 6.42. The number of rotatable bonds is 3. The van der Waals surface area contributed by atoms with E-state index in [0.29, 0.717) is 13.1 Å². The largest absolute Gasteiger partial charge is 0.336 e. The second-order valence-electron chi connectivity index (χ2n) is 6.42. The van der Waals surface area contributed by atoms with Crippen molar-refractivity contribution in [1.82, 2.24) is 14.7 Å². The van der Waals surface area contributed by atoms with Crippen LogP contribution < -0.4 is 0 Å². The molecule has 1 amide bonds. The summed E-state index contributed by atoms with van der Waals surface area (Å²) in [7, 11) is 1.55. The Morgan fingerprint density at radius 3 is 2.58 bits per heavy atom. The molecule has 0 aliphatic carbocycles. The van der Waals surface area contributed by atoms with E-state index in [1.54, 1.807) is 11.9 Å². The van der Waals surface area contributed by atoms with Crippen molar-refractivity contribution in [2.24, 2.45) is 7.05 Å². The number of nitrogens with zero attached hydrogens (tertiary/aromatic N) is 4. The number of hydrogen-bond acceptors (Lipinski definition) is 4. The van der Waals surface area contributed by atoms with Gasteiger partial charge in [-0.3, -0.25) is 19.6 Å². The molecule has 1 aliphatic heterocycles. The van der Waals surface area contributed by atoms with Crippen molar-refractivity contribution in [3.05, 3.63) is 56.9 Å². The fourth-order valence-corrected chi connectivity index (χ4v) is 3.42. The van der Waals surface area contributed by atoms with Crippen LogP contribution in [0.3, 0.4) is 0 Å². The van der Waals surface area contributed by atoms with Gasteiger partial charge in [0.2, 0.25) is 5.69 Å². The van der Waals surface area contributed by atoms with E-state index in [4.69, 9.17) is 0 Å². The van der Waals surface area contributed by atoms with Crippen molar-refractivity contribution < 1.29 is 9.72 Å². The van der Waals surface area contributed by atoms with Crippen molar-refractivity contribution in [2.45, 2.75) is 26.2 Å². The number of carbonyl (C=O) groups is 1. The van der Waals surface area contributed by atoms with E-state index in [1.165, 1.54) is 21.4 Å². The number of nitro groups is 1. The summed E-state index contributed by atoms with van der Waals surface area (Å²) in [6, 6.07) is 6.43. The normalized spacial score (nSPS) is 17.3. The Morgan fingerprint density at radius 1 is 1.29 bits per heavy atom. The summed E-state index contributed by atoms with van der Waals surface area (Å²) in [5.74, 6) is -0.0617. The molecule has 0 radical (unpaired) electrons. The van der Waals surface area contributed by atoms with Gasteiger partial charge in [-0.1, -0.05) is 29.3 Å². The van der Waals surface area contributed by atoms with E-state index in [1.807, 2.05) is 0 Å². The maximum Gasteiger partial charge on any atom is 0.320 e. The molecule has 1 atom stereocenters. The predicted octanol–water partition coefficient (Wildman–Crippen LogP) is 2.57. The number of amides is 1. The third-order valence-corrected chi connectivity index (χ3v) is 4.51. The lowest BCUT2D eigenvalue weighted by Gasteiger charge is -2.17. The number of carbonyl (C=O) groups excluding carboxylic acids is 1. The minimum absolute atomic E-state index is 0.0427. The molecule has 0 spiro atoms. The van der Waals surface area contributed by atoms with E-state index in [0.717, 1.165) is 12.6 Å². The monoisotopic (exact) mass is 328 g/mol. The highest BCUT2D eigenvalue weighted by Gasteiger charge is 2.34. The van der Waals surface area contributed by atoms with Crippen molar-refractivity contribution in [2.75, 3.05) is 13.1 Å². The van der Waals surface area contributed by atoms with Crippen LogP contribution in [0.5, 0.6) is 0 Å². The first-order chi connectivity index (χ1) is 11.4. The van der Waals surface area contributed by atoms with E-state index < -0.39 is 4.92 Å². The molecule has 0 saturated carbocycles. The van der Waals surface area contributed by atoms with Crippen LogP contribution in [0.4, 0.5) is 5.69 Å². The lowest BCUT2D eigenvalue weighted by atomic mass is 9.95. The molecule has 2 aromatic rings.